The Labute approximate surface area is 184 Å². The number of carbonyl (C=O) groups excluding carboxylic acids is 1. The molecule has 11 heteroatoms. The van der Waals surface area contributed by atoms with Crippen LogP contribution in [0.5, 0.6) is 11.5 Å². The molecule has 3 rings (SSSR count). The van der Waals surface area contributed by atoms with E-state index < -0.39 is 28.7 Å². The van der Waals surface area contributed by atoms with Crippen molar-refractivity contribution in [2.75, 3.05) is 32.1 Å². The number of carbonyl (C=O) groups is 1. The number of anilines is 1. The summed E-state index contributed by atoms with van der Waals surface area (Å²) in [5, 5.41) is 2.68. The first-order valence-corrected chi connectivity index (χ1v) is 11.3. The summed E-state index contributed by atoms with van der Waals surface area (Å²) in [6, 6.07) is 11.5. The molecule has 1 saturated heterocycles. The van der Waals surface area contributed by atoms with Gasteiger partial charge in [0, 0.05) is 18.8 Å². The Kier molecular flexibility index (Phi) is 7.29. The van der Waals surface area contributed by atoms with Gasteiger partial charge >= 0.3 is 6.18 Å². The molecule has 1 unspecified atom stereocenters. The van der Waals surface area contributed by atoms with Crippen LogP contribution >= 0.6 is 0 Å². The molecule has 0 aromatic heterocycles. The number of rotatable bonds is 7. The molecule has 0 saturated carbocycles. The zero-order valence-electron chi connectivity index (χ0n) is 17.3. The first-order chi connectivity index (χ1) is 15.1. The summed E-state index contributed by atoms with van der Waals surface area (Å²) in [4.78, 5) is 12.8. The highest BCUT2D eigenvalue weighted by Crippen LogP contribution is 2.26. The van der Waals surface area contributed by atoms with Crippen molar-refractivity contribution in [3.05, 3.63) is 48.5 Å². The highest BCUT2D eigenvalue weighted by atomic mass is 32.2. The zero-order valence-corrected chi connectivity index (χ0v) is 18.1. The van der Waals surface area contributed by atoms with Crippen LogP contribution in [0.4, 0.5) is 18.9 Å². The van der Waals surface area contributed by atoms with Crippen molar-refractivity contribution in [2.24, 2.45) is 5.92 Å². The lowest BCUT2D eigenvalue weighted by Crippen LogP contribution is -2.43. The van der Waals surface area contributed by atoms with E-state index in [0.29, 0.717) is 30.8 Å². The lowest BCUT2D eigenvalue weighted by atomic mass is 9.99. The quantitative estimate of drug-likeness (QED) is 0.665. The molecule has 1 aliphatic heterocycles. The Morgan fingerprint density at radius 3 is 2.31 bits per heavy atom. The van der Waals surface area contributed by atoms with Crippen LogP contribution in [0.25, 0.3) is 0 Å². The number of nitrogens with zero attached hydrogens (tertiary/aromatic N) is 1. The van der Waals surface area contributed by atoms with Crippen LogP contribution in [0.1, 0.15) is 12.8 Å². The molecule has 7 nitrogen and oxygen atoms in total. The maximum Gasteiger partial charge on any atom is 0.422 e. The van der Waals surface area contributed by atoms with Crippen LogP contribution in [-0.4, -0.2) is 51.6 Å². The van der Waals surface area contributed by atoms with Gasteiger partial charge in [-0.1, -0.05) is 0 Å². The third kappa shape index (κ3) is 6.13. The summed E-state index contributed by atoms with van der Waals surface area (Å²) in [6.45, 7) is -1.06. The SMILES string of the molecule is COc1ccc(S(=O)(=O)N2CCCC(C(=O)Nc3ccc(OCC(F)(F)F)cc3)C2)cc1. The molecule has 1 aliphatic rings. The van der Waals surface area contributed by atoms with Gasteiger partial charge in [0.25, 0.3) is 0 Å². The molecule has 32 heavy (non-hydrogen) atoms. The van der Waals surface area contributed by atoms with E-state index in [2.05, 4.69) is 10.1 Å². The van der Waals surface area contributed by atoms with Crippen molar-refractivity contribution < 1.29 is 35.9 Å². The summed E-state index contributed by atoms with van der Waals surface area (Å²) >= 11 is 0. The van der Waals surface area contributed by atoms with Gasteiger partial charge in [0.2, 0.25) is 15.9 Å². The summed E-state index contributed by atoms with van der Waals surface area (Å²) in [6.07, 6.45) is -3.39. The summed E-state index contributed by atoms with van der Waals surface area (Å²) in [7, 11) is -2.27. The smallest absolute Gasteiger partial charge is 0.422 e. The first kappa shape index (κ1) is 23.9. The maximum atomic E-state index is 12.9. The molecular weight excluding hydrogens is 449 g/mol. The van der Waals surface area contributed by atoms with Gasteiger partial charge in [-0.15, -0.1) is 0 Å². The first-order valence-electron chi connectivity index (χ1n) is 9.83. The topological polar surface area (TPSA) is 84.9 Å². The van der Waals surface area contributed by atoms with Crippen molar-refractivity contribution in [1.29, 1.82) is 0 Å². The standard InChI is InChI=1S/C21H23F3N2O5S/c1-30-17-8-10-19(11-9-17)32(28,29)26-12-2-3-15(13-26)20(27)25-16-4-6-18(7-5-16)31-14-21(22,23)24/h4-11,15H,2-3,12-14H2,1H3,(H,25,27). The van der Waals surface area contributed by atoms with E-state index in [9.17, 15) is 26.4 Å². The van der Waals surface area contributed by atoms with Crippen molar-refractivity contribution >= 4 is 21.6 Å². The van der Waals surface area contributed by atoms with Crippen LogP contribution < -0.4 is 14.8 Å². The number of hydrogen-bond acceptors (Lipinski definition) is 5. The molecule has 1 fully saturated rings. The minimum absolute atomic E-state index is 0.0229. The lowest BCUT2D eigenvalue weighted by Gasteiger charge is -2.31. The highest BCUT2D eigenvalue weighted by molar-refractivity contribution is 7.89. The summed E-state index contributed by atoms with van der Waals surface area (Å²) in [5.41, 5.74) is 0.379. The number of sulfonamides is 1. The number of ether oxygens (including phenoxy) is 2. The number of halogens is 3. The Bertz CT molecular complexity index is 1020. The van der Waals surface area contributed by atoms with Crippen molar-refractivity contribution in [2.45, 2.75) is 23.9 Å². The monoisotopic (exact) mass is 472 g/mol. The molecule has 0 radical (unpaired) electrons. The second-order valence-corrected chi connectivity index (χ2v) is 9.23. The van der Waals surface area contributed by atoms with E-state index in [1.807, 2.05) is 0 Å². The number of amides is 1. The largest absolute Gasteiger partial charge is 0.497 e. The second-order valence-electron chi connectivity index (χ2n) is 7.30. The summed E-state index contributed by atoms with van der Waals surface area (Å²) in [5.74, 6) is -0.356. The van der Waals surface area contributed by atoms with E-state index in [0.717, 1.165) is 0 Å². The van der Waals surface area contributed by atoms with Crippen LogP contribution in [0.2, 0.25) is 0 Å². The van der Waals surface area contributed by atoms with Gasteiger partial charge in [0.1, 0.15) is 11.5 Å². The van der Waals surface area contributed by atoms with Crippen LogP contribution in [0.3, 0.4) is 0 Å². The van der Waals surface area contributed by atoms with Gasteiger partial charge in [-0.25, -0.2) is 8.42 Å². The molecule has 1 amide bonds. The molecule has 1 atom stereocenters. The molecule has 0 bridgehead atoms. The molecule has 0 aliphatic carbocycles. The number of benzene rings is 2. The molecule has 2 aromatic rings. The minimum Gasteiger partial charge on any atom is -0.497 e. The average Bonchev–Trinajstić information content (AvgIpc) is 2.78. The number of nitrogens with one attached hydrogen (secondary N) is 1. The van der Waals surface area contributed by atoms with Gasteiger partial charge in [-0.05, 0) is 61.4 Å². The van der Waals surface area contributed by atoms with Crippen LogP contribution in [0, 0.1) is 5.92 Å². The van der Waals surface area contributed by atoms with Gasteiger partial charge in [0.05, 0.1) is 17.9 Å². The fourth-order valence-electron chi connectivity index (χ4n) is 3.32. The lowest BCUT2D eigenvalue weighted by molar-refractivity contribution is -0.153. The maximum absolute atomic E-state index is 12.9. The number of piperidine rings is 1. The Balaban J connectivity index is 1.61. The van der Waals surface area contributed by atoms with Crippen molar-refractivity contribution in [3.63, 3.8) is 0 Å². The Hall–Kier alpha value is -2.79. The third-order valence-corrected chi connectivity index (χ3v) is 6.86. The van der Waals surface area contributed by atoms with E-state index in [4.69, 9.17) is 4.74 Å². The molecule has 2 aromatic carbocycles. The zero-order chi connectivity index (χ0) is 23.4. The fraction of sp³-hybridized carbons (Fsp3) is 0.381. The highest BCUT2D eigenvalue weighted by Gasteiger charge is 2.33. The average molecular weight is 472 g/mol. The molecular formula is C21H23F3N2O5S. The number of hydrogen-bond donors (Lipinski definition) is 1. The van der Waals surface area contributed by atoms with Gasteiger partial charge in [-0.3, -0.25) is 4.79 Å². The van der Waals surface area contributed by atoms with Gasteiger partial charge in [0.15, 0.2) is 6.61 Å². The van der Waals surface area contributed by atoms with Crippen molar-refractivity contribution in [1.82, 2.24) is 4.31 Å². The molecule has 1 heterocycles. The van der Waals surface area contributed by atoms with Crippen LogP contribution in [-0.2, 0) is 14.8 Å². The third-order valence-electron chi connectivity index (χ3n) is 4.98. The predicted octanol–water partition coefficient (Wildman–Crippen LogP) is 3.68. The van der Waals surface area contributed by atoms with E-state index in [-0.39, 0.29) is 23.1 Å². The van der Waals surface area contributed by atoms with Crippen LogP contribution in [0.15, 0.2) is 53.4 Å². The summed E-state index contributed by atoms with van der Waals surface area (Å²) < 4.78 is 73.5. The molecule has 174 valence electrons. The minimum atomic E-state index is -4.44. The molecule has 1 N–H and O–H groups in total. The number of methoxy groups -OCH3 is 1. The fourth-order valence-corrected chi connectivity index (χ4v) is 4.84. The second kappa shape index (κ2) is 9.78. The van der Waals surface area contributed by atoms with Gasteiger partial charge < -0.3 is 14.8 Å². The normalized spacial score (nSPS) is 17.6. The van der Waals surface area contributed by atoms with Crippen molar-refractivity contribution in [3.8, 4) is 11.5 Å². The predicted molar refractivity (Wildman–Crippen MR) is 111 cm³/mol. The Morgan fingerprint density at radius 2 is 1.72 bits per heavy atom. The van der Waals surface area contributed by atoms with E-state index in [1.54, 1.807) is 12.1 Å². The van der Waals surface area contributed by atoms with Gasteiger partial charge in [-0.2, -0.15) is 17.5 Å². The van der Waals surface area contributed by atoms with E-state index >= 15 is 0 Å². The Morgan fingerprint density at radius 1 is 1.09 bits per heavy atom. The van der Waals surface area contributed by atoms with E-state index in [1.165, 1.54) is 47.8 Å². The number of alkyl halides is 3. The molecule has 0 spiro atoms.